The summed E-state index contributed by atoms with van der Waals surface area (Å²) in [7, 11) is 0. The van der Waals surface area contributed by atoms with Crippen LogP contribution in [0, 0.1) is 5.41 Å². The second-order valence-corrected chi connectivity index (χ2v) is 6.99. The lowest BCUT2D eigenvalue weighted by molar-refractivity contribution is -0.148. The number of aliphatic carboxylic acids is 1. The number of nitrogens with one attached hydrogen (secondary N) is 2. The molecule has 0 bridgehead atoms. The van der Waals surface area contributed by atoms with Crippen LogP contribution < -0.4 is 10.6 Å². The molecule has 0 radical (unpaired) electrons. The Labute approximate surface area is 130 Å². The molecule has 6 nitrogen and oxygen atoms in total. The average Bonchev–Trinajstić information content (AvgIpc) is 2.84. The third-order valence-corrected chi connectivity index (χ3v) is 6.13. The van der Waals surface area contributed by atoms with Gasteiger partial charge < -0.3 is 20.5 Å². The number of carbonyl (C=O) groups excluding carboxylic acids is 1. The molecule has 7 heteroatoms. The maximum Gasteiger partial charge on any atom is 0.315 e. The second-order valence-electron chi connectivity index (χ2n) is 5.71. The molecule has 0 aromatic carbocycles. The molecule has 1 aliphatic rings. The van der Waals surface area contributed by atoms with Gasteiger partial charge in [0.05, 0.1) is 19.3 Å². The van der Waals surface area contributed by atoms with Gasteiger partial charge in [0.1, 0.15) is 5.41 Å². The van der Waals surface area contributed by atoms with Crippen molar-refractivity contribution >= 4 is 23.8 Å². The molecule has 2 atom stereocenters. The number of carboxylic acid groups (broad SMARTS) is 1. The maximum atomic E-state index is 12.0. The molecule has 2 amide bonds. The van der Waals surface area contributed by atoms with Gasteiger partial charge >= 0.3 is 12.0 Å². The van der Waals surface area contributed by atoms with Gasteiger partial charge in [-0.3, -0.25) is 4.79 Å². The van der Waals surface area contributed by atoms with Crippen LogP contribution in [0.15, 0.2) is 0 Å². The van der Waals surface area contributed by atoms with E-state index in [0.717, 1.165) is 12.8 Å². The van der Waals surface area contributed by atoms with Gasteiger partial charge in [-0.1, -0.05) is 13.8 Å². The fourth-order valence-electron chi connectivity index (χ4n) is 2.40. The number of thioether (sulfide) groups is 1. The molecule has 0 aromatic rings. The number of carboxylic acids is 1. The van der Waals surface area contributed by atoms with E-state index in [9.17, 15) is 14.7 Å². The Morgan fingerprint density at radius 2 is 2.05 bits per heavy atom. The summed E-state index contributed by atoms with van der Waals surface area (Å²) in [5, 5.41) is 14.9. The maximum absolute atomic E-state index is 12.0. The highest BCUT2D eigenvalue weighted by molar-refractivity contribution is 8.00. The molecule has 1 aliphatic heterocycles. The lowest BCUT2D eigenvalue weighted by atomic mass is 9.85. The molecule has 0 aromatic heterocycles. The SMILES string of the molecule is CCC(CC)(CNC(=O)NC1COCC1(C)C(=O)O)SC. The van der Waals surface area contributed by atoms with E-state index in [0.29, 0.717) is 6.54 Å². The number of hydrogen-bond acceptors (Lipinski definition) is 4. The minimum atomic E-state index is -1.07. The molecule has 0 saturated carbocycles. The lowest BCUT2D eigenvalue weighted by Gasteiger charge is -2.31. The van der Waals surface area contributed by atoms with Gasteiger partial charge in [0, 0.05) is 11.3 Å². The number of ether oxygens (including phenoxy) is 1. The van der Waals surface area contributed by atoms with Crippen molar-refractivity contribution in [2.45, 2.75) is 44.4 Å². The predicted octanol–water partition coefficient (Wildman–Crippen LogP) is 1.70. The van der Waals surface area contributed by atoms with Gasteiger partial charge in [-0.2, -0.15) is 11.8 Å². The minimum Gasteiger partial charge on any atom is -0.481 e. The van der Waals surface area contributed by atoms with Gasteiger partial charge in [0.25, 0.3) is 0 Å². The van der Waals surface area contributed by atoms with Gasteiger partial charge in [-0.05, 0) is 26.0 Å². The zero-order chi connectivity index (χ0) is 16.1. The van der Waals surface area contributed by atoms with Crippen LogP contribution in [-0.4, -0.2) is 53.9 Å². The van der Waals surface area contributed by atoms with Crippen molar-refractivity contribution in [2.75, 3.05) is 26.0 Å². The fraction of sp³-hybridized carbons (Fsp3) is 0.857. The zero-order valence-electron chi connectivity index (χ0n) is 13.2. The van der Waals surface area contributed by atoms with Crippen molar-refractivity contribution in [3.63, 3.8) is 0 Å². The van der Waals surface area contributed by atoms with E-state index in [-0.39, 0.29) is 24.0 Å². The van der Waals surface area contributed by atoms with E-state index in [1.54, 1.807) is 18.7 Å². The summed E-state index contributed by atoms with van der Waals surface area (Å²) < 4.78 is 5.24. The highest BCUT2D eigenvalue weighted by Crippen LogP contribution is 2.30. The third kappa shape index (κ3) is 4.03. The van der Waals surface area contributed by atoms with E-state index in [4.69, 9.17) is 4.74 Å². The Kier molecular flexibility index (Phi) is 6.34. The molecule has 21 heavy (non-hydrogen) atoms. The van der Waals surface area contributed by atoms with Gasteiger partial charge in [0.15, 0.2) is 0 Å². The van der Waals surface area contributed by atoms with Crippen molar-refractivity contribution in [1.82, 2.24) is 10.6 Å². The van der Waals surface area contributed by atoms with E-state index < -0.39 is 17.4 Å². The van der Waals surface area contributed by atoms with Crippen molar-refractivity contribution < 1.29 is 19.4 Å². The molecule has 1 heterocycles. The van der Waals surface area contributed by atoms with E-state index in [1.807, 2.05) is 6.26 Å². The van der Waals surface area contributed by atoms with Crippen LogP contribution >= 0.6 is 11.8 Å². The summed E-state index contributed by atoms with van der Waals surface area (Å²) in [5.41, 5.74) is -1.07. The number of rotatable bonds is 7. The lowest BCUT2D eigenvalue weighted by Crippen LogP contribution is -2.54. The van der Waals surface area contributed by atoms with Gasteiger partial charge in [-0.25, -0.2) is 4.79 Å². The van der Waals surface area contributed by atoms with Crippen LogP contribution in [0.2, 0.25) is 0 Å². The van der Waals surface area contributed by atoms with Crippen LogP contribution in [0.25, 0.3) is 0 Å². The van der Waals surface area contributed by atoms with Crippen LogP contribution in [0.5, 0.6) is 0 Å². The molecular formula is C14H26N2O4S. The number of urea groups is 1. The molecule has 2 unspecified atom stereocenters. The van der Waals surface area contributed by atoms with Crippen LogP contribution in [0.4, 0.5) is 4.79 Å². The second kappa shape index (κ2) is 7.35. The average molecular weight is 318 g/mol. The Morgan fingerprint density at radius 3 is 2.52 bits per heavy atom. The largest absolute Gasteiger partial charge is 0.481 e. The van der Waals surface area contributed by atoms with Crippen LogP contribution in [0.3, 0.4) is 0 Å². The molecule has 1 rings (SSSR count). The summed E-state index contributed by atoms with van der Waals surface area (Å²) in [6.45, 7) is 6.71. The molecule has 3 N–H and O–H groups in total. The van der Waals surface area contributed by atoms with Crippen LogP contribution in [-0.2, 0) is 9.53 Å². The summed E-state index contributed by atoms with van der Waals surface area (Å²) in [4.78, 5) is 23.3. The van der Waals surface area contributed by atoms with Crippen molar-refractivity contribution in [3.8, 4) is 0 Å². The quantitative estimate of drug-likeness (QED) is 0.665. The van der Waals surface area contributed by atoms with Crippen LogP contribution in [0.1, 0.15) is 33.6 Å². The Hall–Kier alpha value is -0.950. The normalized spacial score (nSPS) is 25.6. The Bertz CT molecular complexity index is 379. The first kappa shape index (κ1) is 18.1. The Morgan fingerprint density at radius 1 is 1.43 bits per heavy atom. The van der Waals surface area contributed by atoms with Crippen molar-refractivity contribution in [2.24, 2.45) is 5.41 Å². The Balaban J connectivity index is 2.56. The summed E-state index contributed by atoms with van der Waals surface area (Å²) in [6.07, 6.45) is 3.97. The topological polar surface area (TPSA) is 87.7 Å². The standard InChI is InChI=1S/C14H26N2O4S/c1-5-14(6-2,21-4)8-15-12(19)16-10-7-20-9-13(10,3)11(17)18/h10H,5-9H2,1-4H3,(H,17,18)(H2,15,16,19). The molecule has 0 spiro atoms. The molecule has 1 saturated heterocycles. The van der Waals surface area contributed by atoms with E-state index in [1.165, 1.54) is 0 Å². The van der Waals surface area contributed by atoms with Crippen molar-refractivity contribution in [3.05, 3.63) is 0 Å². The summed E-state index contributed by atoms with van der Waals surface area (Å²) in [6, 6.07) is -0.847. The number of amides is 2. The summed E-state index contributed by atoms with van der Waals surface area (Å²) in [5.74, 6) is -0.953. The molecular weight excluding hydrogens is 292 g/mol. The van der Waals surface area contributed by atoms with E-state index in [2.05, 4.69) is 24.5 Å². The minimum absolute atomic E-state index is 0.0274. The zero-order valence-corrected chi connectivity index (χ0v) is 14.0. The monoisotopic (exact) mass is 318 g/mol. The third-order valence-electron chi connectivity index (χ3n) is 4.54. The van der Waals surface area contributed by atoms with Gasteiger partial charge in [0.2, 0.25) is 0 Å². The van der Waals surface area contributed by atoms with Crippen molar-refractivity contribution in [1.29, 1.82) is 0 Å². The van der Waals surface area contributed by atoms with E-state index >= 15 is 0 Å². The highest BCUT2D eigenvalue weighted by Gasteiger charge is 2.47. The number of hydrogen-bond donors (Lipinski definition) is 3. The first-order chi connectivity index (χ1) is 9.83. The predicted molar refractivity (Wildman–Crippen MR) is 83.7 cm³/mol. The molecule has 122 valence electrons. The molecule has 1 fully saturated rings. The fourth-order valence-corrected chi connectivity index (χ4v) is 3.19. The highest BCUT2D eigenvalue weighted by atomic mass is 32.2. The van der Waals surface area contributed by atoms with Gasteiger partial charge in [-0.15, -0.1) is 0 Å². The first-order valence-electron chi connectivity index (χ1n) is 7.24. The first-order valence-corrected chi connectivity index (χ1v) is 8.46. The smallest absolute Gasteiger partial charge is 0.315 e. The molecule has 0 aliphatic carbocycles. The summed E-state index contributed by atoms with van der Waals surface area (Å²) >= 11 is 1.75. The number of carbonyl (C=O) groups is 2.